The minimum atomic E-state index is -0.906. The summed E-state index contributed by atoms with van der Waals surface area (Å²) in [5.74, 6) is -0.906. The number of carboxylic acids is 1. The van der Waals surface area contributed by atoms with E-state index >= 15 is 0 Å². The highest BCUT2D eigenvalue weighted by molar-refractivity contribution is 5.89. The quantitative estimate of drug-likeness (QED) is 0.936. The normalized spacial score (nSPS) is 15.2. The van der Waals surface area contributed by atoms with Crippen LogP contribution in [0.15, 0.2) is 42.5 Å². The zero-order chi connectivity index (χ0) is 14.7. The Morgan fingerprint density at radius 3 is 2.48 bits per heavy atom. The van der Waals surface area contributed by atoms with Crippen molar-refractivity contribution in [2.75, 3.05) is 13.1 Å². The fraction of sp³-hybridized carbons (Fsp3) is 0.294. The molecule has 1 aromatic carbocycles. The molecule has 1 aliphatic rings. The molecule has 108 valence electrons. The minimum Gasteiger partial charge on any atom is -0.478 e. The van der Waals surface area contributed by atoms with Crippen molar-refractivity contribution in [1.29, 1.82) is 0 Å². The molecule has 1 saturated heterocycles. The van der Waals surface area contributed by atoms with E-state index in [4.69, 9.17) is 0 Å². The highest BCUT2D eigenvalue weighted by Crippen LogP contribution is 2.21. The van der Waals surface area contributed by atoms with Crippen LogP contribution in [-0.4, -0.2) is 34.0 Å². The molecule has 1 aliphatic heterocycles. The van der Waals surface area contributed by atoms with Crippen molar-refractivity contribution < 1.29 is 9.90 Å². The summed E-state index contributed by atoms with van der Waals surface area (Å²) in [4.78, 5) is 18.3. The molecule has 1 N–H and O–H groups in total. The number of rotatable bonds is 4. The van der Waals surface area contributed by atoms with Crippen LogP contribution in [-0.2, 0) is 6.54 Å². The first kappa shape index (κ1) is 13.8. The summed E-state index contributed by atoms with van der Waals surface area (Å²) >= 11 is 0. The van der Waals surface area contributed by atoms with Gasteiger partial charge in [-0.2, -0.15) is 0 Å². The molecule has 3 rings (SSSR count). The third-order valence-electron chi connectivity index (χ3n) is 3.85. The molecule has 21 heavy (non-hydrogen) atoms. The highest BCUT2D eigenvalue weighted by Gasteiger charge is 2.18. The van der Waals surface area contributed by atoms with E-state index in [1.807, 2.05) is 30.3 Å². The first-order chi connectivity index (χ1) is 10.2. The molecule has 0 amide bonds. The molecule has 1 aromatic heterocycles. The molecular formula is C17H18N2O2. The van der Waals surface area contributed by atoms with Crippen LogP contribution in [0.5, 0.6) is 0 Å². The van der Waals surface area contributed by atoms with Crippen molar-refractivity contribution in [3.63, 3.8) is 0 Å². The van der Waals surface area contributed by atoms with Crippen LogP contribution in [0.4, 0.5) is 0 Å². The Bertz CT molecular complexity index is 634. The van der Waals surface area contributed by atoms with Crippen LogP contribution in [0.3, 0.4) is 0 Å². The number of pyridine rings is 1. The monoisotopic (exact) mass is 282 g/mol. The second-order valence-corrected chi connectivity index (χ2v) is 5.35. The van der Waals surface area contributed by atoms with Crippen LogP contribution in [0.2, 0.25) is 0 Å². The van der Waals surface area contributed by atoms with Gasteiger partial charge >= 0.3 is 5.97 Å². The van der Waals surface area contributed by atoms with E-state index in [9.17, 15) is 9.90 Å². The fourth-order valence-electron chi connectivity index (χ4n) is 2.74. The number of carbonyl (C=O) groups is 1. The summed E-state index contributed by atoms with van der Waals surface area (Å²) < 4.78 is 0. The van der Waals surface area contributed by atoms with Gasteiger partial charge in [-0.3, -0.25) is 9.88 Å². The van der Waals surface area contributed by atoms with Gasteiger partial charge in [0.1, 0.15) is 0 Å². The molecule has 1 fully saturated rings. The molecule has 0 aliphatic carbocycles. The second-order valence-electron chi connectivity index (χ2n) is 5.35. The largest absolute Gasteiger partial charge is 0.478 e. The zero-order valence-corrected chi connectivity index (χ0v) is 11.8. The van der Waals surface area contributed by atoms with Crippen LogP contribution in [0, 0.1) is 0 Å². The number of aromatic nitrogens is 1. The summed E-state index contributed by atoms with van der Waals surface area (Å²) in [5, 5.41) is 9.34. The SMILES string of the molecule is O=C(O)c1ccc(-c2ccccc2)nc1CN1CCCC1. The van der Waals surface area contributed by atoms with Gasteiger partial charge in [-0.25, -0.2) is 4.79 Å². The maximum absolute atomic E-state index is 11.4. The molecule has 0 spiro atoms. The van der Waals surface area contributed by atoms with Gasteiger partial charge in [-0.15, -0.1) is 0 Å². The van der Waals surface area contributed by atoms with Crippen molar-refractivity contribution in [3.8, 4) is 11.3 Å². The van der Waals surface area contributed by atoms with E-state index in [0.717, 1.165) is 24.3 Å². The van der Waals surface area contributed by atoms with Crippen molar-refractivity contribution in [3.05, 3.63) is 53.7 Å². The number of hydrogen-bond donors (Lipinski definition) is 1. The van der Waals surface area contributed by atoms with Crippen molar-refractivity contribution >= 4 is 5.97 Å². The minimum absolute atomic E-state index is 0.307. The van der Waals surface area contributed by atoms with Gasteiger partial charge in [0.15, 0.2) is 0 Å². The van der Waals surface area contributed by atoms with Gasteiger partial charge in [0.05, 0.1) is 17.0 Å². The lowest BCUT2D eigenvalue weighted by atomic mass is 10.1. The lowest BCUT2D eigenvalue weighted by Gasteiger charge is -2.16. The van der Waals surface area contributed by atoms with Crippen LogP contribution in [0.25, 0.3) is 11.3 Å². The molecule has 4 nitrogen and oxygen atoms in total. The predicted octanol–water partition coefficient (Wildman–Crippen LogP) is 3.04. The summed E-state index contributed by atoms with van der Waals surface area (Å²) in [6.07, 6.45) is 2.36. The van der Waals surface area contributed by atoms with E-state index in [1.54, 1.807) is 12.1 Å². The lowest BCUT2D eigenvalue weighted by Crippen LogP contribution is -2.21. The average molecular weight is 282 g/mol. The Morgan fingerprint density at radius 1 is 1.10 bits per heavy atom. The van der Waals surface area contributed by atoms with Crippen LogP contribution >= 0.6 is 0 Å². The third-order valence-corrected chi connectivity index (χ3v) is 3.85. The van der Waals surface area contributed by atoms with E-state index in [1.165, 1.54) is 12.8 Å². The molecule has 0 bridgehead atoms. The summed E-state index contributed by atoms with van der Waals surface area (Å²) in [6, 6.07) is 13.3. The third kappa shape index (κ3) is 3.11. The first-order valence-electron chi connectivity index (χ1n) is 7.25. The Morgan fingerprint density at radius 2 is 1.81 bits per heavy atom. The molecule has 0 saturated carbocycles. The number of likely N-dealkylation sites (tertiary alicyclic amines) is 1. The zero-order valence-electron chi connectivity index (χ0n) is 11.8. The fourth-order valence-corrected chi connectivity index (χ4v) is 2.74. The van der Waals surface area contributed by atoms with E-state index in [2.05, 4.69) is 9.88 Å². The molecule has 0 unspecified atom stereocenters. The molecular weight excluding hydrogens is 264 g/mol. The summed E-state index contributed by atoms with van der Waals surface area (Å²) in [5.41, 5.74) is 2.80. The maximum atomic E-state index is 11.4. The molecule has 0 atom stereocenters. The summed E-state index contributed by atoms with van der Waals surface area (Å²) in [7, 11) is 0. The van der Waals surface area contributed by atoms with Gasteiger partial charge < -0.3 is 5.11 Å². The van der Waals surface area contributed by atoms with Crippen LogP contribution in [0.1, 0.15) is 28.9 Å². The number of benzene rings is 1. The van der Waals surface area contributed by atoms with E-state index in [-0.39, 0.29) is 0 Å². The van der Waals surface area contributed by atoms with Gasteiger partial charge in [-0.05, 0) is 38.1 Å². The van der Waals surface area contributed by atoms with Gasteiger partial charge in [-0.1, -0.05) is 30.3 Å². The van der Waals surface area contributed by atoms with Crippen molar-refractivity contribution in [2.24, 2.45) is 0 Å². The number of nitrogens with zero attached hydrogens (tertiary/aromatic N) is 2. The average Bonchev–Trinajstić information content (AvgIpc) is 3.01. The molecule has 0 radical (unpaired) electrons. The van der Waals surface area contributed by atoms with Gasteiger partial charge in [0.25, 0.3) is 0 Å². The topological polar surface area (TPSA) is 53.4 Å². The first-order valence-corrected chi connectivity index (χ1v) is 7.25. The van der Waals surface area contributed by atoms with Gasteiger partial charge in [0, 0.05) is 12.1 Å². The standard InChI is InChI=1S/C17H18N2O2/c20-17(21)14-8-9-15(13-6-2-1-3-7-13)18-16(14)12-19-10-4-5-11-19/h1-3,6-9H,4-5,10-12H2,(H,20,21). The maximum Gasteiger partial charge on any atom is 0.337 e. The number of hydrogen-bond acceptors (Lipinski definition) is 3. The lowest BCUT2D eigenvalue weighted by molar-refractivity contribution is 0.0694. The Hall–Kier alpha value is -2.20. The van der Waals surface area contributed by atoms with Gasteiger partial charge in [0.2, 0.25) is 0 Å². The van der Waals surface area contributed by atoms with Crippen molar-refractivity contribution in [2.45, 2.75) is 19.4 Å². The predicted molar refractivity (Wildman–Crippen MR) is 81.1 cm³/mol. The van der Waals surface area contributed by atoms with Crippen LogP contribution < -0.4 is 0 Å². The summed E-state index contributed by atoms with van der Waals surface area (Å²) in [6.45, 7) is 2.66. The van der Waals surface area contributed by atoms with E-state index < -0.39 is 5.97 Å². The molecule has 2 aromatic rings. The van der Waals surface area contributed by atoms with Crippen molar-refractivity contribution in [1.82, 2.24) is 9.88 Å². The highest BCUT2D eigenvalue weighted by atomic mass is 16.4. The Kier molecular flexibility index (Phi) is 3.97. The number of aromatic carboxylic acids is 1. The molecule has 2 heterocycles. The number of carboxylic acid groups (broad SMARTS) is 1. The van der Waals surface area contributed by atoms with E-state index in [0.29, 0.717) is 17.8 Å². The molecule has 4 heteroatoms. The smallest absolute Gasteiger partial charge is 0.337 e. The second kappa shape index (κ2) is 6.06. The Balaban J connectivity index is 1.95. The Labute approximate surface area is 124 Å².